The van der Waals surface area contributed by atoms with Crippen LogP contribution in [0.5, 0.6) is 5.75 Å². The van der Waals surface area contributed by atoms with Gasteiger partial charge >= 0.3 is 0 Å². The van der Waals surface area contributed by atoms with E-state index >= 15 is 0 Å². The number of hydrogen-bond acceptors (Lipinski definition) is 4. The molecule has 0 unspecified atom stereocenters. The minimum absolute atomic E-state index is 0.212. The van der Waals surface area contributed by atoms with Crippen LogP contribution in [0.1, 0.15) is 21.5 Å². The smallest absolute Gasteiger partial charge is 0.251 e. The summed E-state index contributed by atoms with van der Waals surface area (Å²) in [5.41, 5.74) is 2.19. The van der Waals surface area contributed by atoms with Crippen molar-refractivity contribution in [3.05, 3.63) is 89.4 Å². The van der Waals surface area contributed by atoms with Gasteiger partial charge in [-0.3, -0.25) is 4.79 Å². The number of carbonyl (C=O) groups excluding carboxylic acids is 1. The minimum Gasteiger partial charge on any atom is -0.496 e. The van der Waals surface area contributed by atoms with Crippen molar-refractivity contribution in [2.24, 2.45) is 0 Å². The van der Waals surface area contributed by atoms with Crippen LogP contribution in [-0.4, -0.2) is 31.1 Å². The van der Waals surface area contributed by atoms with E-state index in [0.29, 0.717) is 36.5 Å². The first-order chi connectivity index (χ1) is 14.2. The fourth-order valence-electron chi connectivity index (χ4n) is 3.02. The van der Waals surface area contributed by atoms with Gasteiger partial charge in [-0.05, 0) is 48.2 Å². The molecule has 2 N–H and O–H groups in total. The van der Waals surface area contributed by atoms with Gasteiger partial charge in [0.1, 0.15) is 17.4 Å². The van der Waals surface area contributed by atoms with Crippen molar-refractivity contribution >= 4 is 11.7 Å². The number of amides is 1. The number of benzene rings is 2. The van der Waals surface area contributed by atoms with Gasteiger partial charge in [0.2, 0.25) is 0 Å². The predicted molar refractivity (Wildman–Crippen MR) is 112 cm³/mol. The van der Waals surface area contributed by atoms with Crippen molar-refractivity contribution in [2.75, 3.05) is 25.5 Å². The van der Waals surface area contributed by atoms with Crippen molar-refractivity contribution in [2.45, 2.75) is 12.8 Å². The summed E-state index contributed by atoms with van der Waals surface area (Å²) < 4.78 is 19.0. The summed E-state index contributed by atoms with van der Waals surface area (Å²) >= 11 is 0. The first kappa shape index (κ1) is 20.3. The molecule has 5 nitrogen and oxygen atoms in total. The summed E-state index contributed by atoms with van der Waals surface area (Å²) in [5.74, 6) is 1.01. The molecular weight excluding hydrogens is 369 g/mol. The van der Waals surface area contributed by atoms with E-state index in [-0.39, 0.29) is 11.7 Å². The molecule has 1 aromatic heterocycles. The molecule has 6 heteroatoms. The largest absolute Gasteiger partial charge is 0.496 e. The molecule has 0 aliphatic rings. The highest BCUT2D eigenvalue weighted by Gasteiger charge is 2.08. The molecule has 2 aromatic carbocycles. The maximum Gasteiger partial charge on any atom is 0.251 e. The number of rotatable bonds is 9. The summed E-state index contributed by atoms with van der Waals surface area (Å²) in [6.45, 7) is 1.02. The molecule has 0 fully saturated rings. The van der Waals surface area contributed by atoms with Gasteiger partial charge in [0.05, 0.1) is 7.11 Å². The number of nitrogens with one attached hydrogen (secondary N) is 2. The standard InChI is InChI=1S/C23H24FN3O2/c1-29-21-9-5-3-7-18(21)11-13-25-22-16-19(12-14-26-22)23(28)27-15-10-17-6-2-4-8-20(17)24/h2-9,12,14,16H,10-11,13,15H2,1H3,(H,25,26)(H,27,28). The predicted octanol–water partition coefficient (Wildman–Crippen LogP) is 3.86. The lowest BCUT2D eigenvalue weighted by Gasteiger charge is -2.10. The summed E-state index contributed by atoms with van der Waals surface area (Å²) in [6.07, 6.45) is 2.80. The summed E-state index contributed by atoms with van der Waals surface area (Å²) in [7, 11) is 1.65. The van der Waals surface area contributed by atoms with Gasteiger partial charge in [-0.2, -0.15) is 0 Å². The third kappa shape index (κ3) is 5.78. The number of ether oxygens (including phenoxy) is 1. The number of aromatic nitrogens is 1. The Bertz CT molecular complexity index is 962. The molecule has 150 valence electrons. The van der Waals surface area contributed by atoms with Crippen LogP contribution in [0.3, 0.4) is 0 Å². The molecule has 3 rings (SSSR count). The van der Waals surface area contributed by atoms with E-state index in [9.17, 15) is 9.18 Å². The van der Waals surface area contributed by atoms with E-state index in [1.54, 1.807) is 43.6 Å². The summed E-state index contributed by atoms with van der Waals surface area (Å²) in [6, 6.07) is 17.8. The Hall–Kier alpha value is -3.41. The van der Waals surface area contributed by atoms with E-state index in [2.05, 4.69) is 15.6 Å². The average Bonchev–Trinajstić information content (AvgIpc) is 2.75. The second-order valence-electron chi connectivity index (χ2n) is 6.52. The number of halogens is 1. The maximum atomic E-state index is 13.6. The van der Waals surface area contributed by atoms with Crippen LogP contribution in [-0.2, 0) is 12.8 Å². The normalized spacial score (nSPS) is 10.4. The quantitative estimate of drug-likeness (QED) is 0.580. The van der Waals surface area contributed by atoms with Crippen LogP contribution >= 0.6 is 0 Å². The maximum absolute atomic E-state index is 13.6. The first-order valence-electron chi connectivity index (χ1n) is 9.51. The first-order valence-corrected chi connectivity index (χ1v) is 9.51. The van der Waals surface area contributed by atoms with Crippen LogP contribution in [0.25, 0.3) is 0 Å². The highest BCUT2D eigenvalue weighted by atomic mass is 19.1. The molecule has 29 heavy (non-hydrogen) atoms. The van der Waals surface area contributed by atoms with Crippen molar-refractivity contribution < 1.29 is 13.9 Å². The van der Waals surface area contributed by atoms with Gasteiger partial charge in [0.15, 0.2) is 0 Å². The van der Waals surface area contributed by atoms with E-state index in [1.165, 1.54) is 6.07 Å². The van der Waals surface area contributed by atoms with Crippen molar-refractivity contribution in [1.82, 2.24) is 10.3 Å². The zero-order valence-corrected chi connectivity index (χ0v) is 16.3. The molecule has 1 heterocycles. The SMILES string of the molecule is COc1ccccc1CCNc1cc(C(=O)NCCc2ccccc2F)ccn1. The van der Waals surface area contributed by atoms with Crippen molar-refractivity contribution in [3.8, 4) is 5.75 Å². The fraction of sp³-hybridized carbons (Fsp3) is 0.217. The molecular formula is C23H24FN3O2. The molecule has 0 radical (unpaired) electrons. The Balaban J connectivity index is 1.50. The van der Waals surface area contributed by atoms with Crippen LogP contribution in [0.15, 0.2) is 66.9 Å². The monoisotopic (exact) mass is 393 g/mol. The highest BCUT2D eigenvalue weighted by Crippen LogP contribution is 2.18. The number of pyridine rings is 1. The lowest BCUT2D eigenvalue weighted by atomic mass is 10.1. The van der Waals surface area contributed by atoms with Gasteiger partial charge in [0, 0.05) is 24.8 Å². The second-order valence-corrected chi connectivity index (χ2v) is 6.52. The van der Waals surface area contributed by atoms with Gasteiger partial charge in [0.25, 0.3) is 5.91 Å². The van der Waals surface area contributed by atoms with Crippen LogP contribution in [0.4, 0.5) is 10.2 Å². The molecule has 0 aliphatic heterocycles. The van der Waals surface area contributed by atoms with Gasteiger partial charge in [-0.25, -0.2) is 9.37 Å². The zero-order chi connectivity index (χ0) is 20.5. The number of anilines is 1. The van der Waals surface area contributed by atoms with Gasteiger partial charge in [-0.1, -0.05) is 36.4 Å². The Morgan fingerprint density at radius 1 is 1.00 bits per heavy atom. The molecule has 0 bridgehead atoms. The second kappa shape index (κ2) is 10.2. The zero-order valence-electron chi connectivity index (χ0n) is 16.3. The fourth-order valence-corrected chi connectivity index (χ4v) is 3.02. The average molecular weight is 393 g/mol. The Labute approximate surface area is 169 Å². The third-order valence-corrected chi connectivity index (χ3v) is 4.55. The molecule has 0 saturated heterocycles. The number of para-hydroxylation sites is 1. The molecule has 0 saturated carbocycles. The van der Waals surface area contributed by atoms with Crippen molar-refractivity contribution in [3.63, 3.8) is 0 Å². The van der Waals surface area contributed by atoms with Crippen LogP contribution < -0.4 is 15.4 Å². The lowest BCUT2D eigenvalue weighted by molar-refractivity contribution is 0.0954. The van der Waals surface area contributed by atoms with Gasteiger partial charge in [-0.15, -0.1) is 0 Å². The van der Waals surface area contributed by atoms with Crippen LogP contribution in [0.2, 0.25) is 0 Å². The van der Waals surface area contributed by atoms with E-state index in [0.717, 1.165) is 17.7 Å². The van der Waals surface area contributed by atoms with E-state index < -0.39 is 0 Å². The molecule has 0 atom stereocenters. The summed E-state index contributed by atoms with van der Waals surface area (Å²) in [5, 5.41) is 6.05. The Morgan fingerprint density at radius 3 is 2.52 bits per heavy atom. The molecule has 3 aromatic rings. The Kier molecular flexibility index (Phi) is 7.16. The van der Waals surface area contributed by atoms with Crippen LogP contribution in [0, 0.1) is 5.82 Å². The number of carbonyl (C=O) groups is 1. The number of methoxy groups -OCH3 is 1. The van der Waals surface area contributed by atoms with Crippen molar-refractivity contribution in [1.29, 1.82) is 0 Å². The number of hydrogen-bond donors (Lipinski definition) is 2. The molecule has 0 spiro atoms. The van der Waals surface area contributed by atoms with E-state index in [1.807, 2.05) is 24.3 Å². The number of nitrogens with zero attached hydrogens (tertiary/aromatic N) is 1. The Morgan fingerprint density at radius 2 is 1.72 bits per heavy atom. The summed E-state index contributed by atoms with van der Waals surface area (Å²) in [4.78, 5) is 16.6. The third-order valence-electron chi connectivity index (χ3n) is 4.55. The lowest BCUT2D eigenvalue weighted by Crippen LogP contribution is -2.26. The highest BCUT2D eigenvalue weighted by molar-refractivity contribution is 5.94. The molecule has 0 aliphatic carbocycles. The molecule has 1 amide bonds. The van der Waals surface area contributed by atoms with E-state index in [4.69, 9.17) is 4.74 Å². The van der Waals surface area contributed by atoms with Gasteiger partial charge < -0.3 is 15.4 Å². The minimum atomic E-state index is -0.257. The topological polar surface area (TPSA) is 63.2 Å².